The zero-order valence-corrected chi connectivity index (χ0v) is 23.3. The van der Waals surface area contributed by atoms with E-state index in [-0.39, 0.29) is 6.61 Å². The molecule has 2 aliphatic rings. The Morgan fingerprint density at radius 1 is 0.953 bits per heavy atom. The van der Waals surface area contributed by atoms with E-state index in [1.807, 2.05) is 0 Å². The van der Waals surface area contributed by atoms with E-state index in [2.05, 4.69) is 10.3 Å². The second kappa shape index (κ2) is 11.0. The SMILES string of the molecule is O=C(COc1ccc([C@H]2c3sc(=O)[nH]c3SC3C(=O)N(c4ccccc4C(F)(F)F)C(=O)C32)cc1)Nc1ccc(F)cc1. The van der Waals surface area contributed by atoms with Gasteiger partial charge in [0.05, 0.1) is 22.2 Å². The number of benzene rings is 3. The van der Waals surface area contributed by atoms with Crippen LogP contribution in [-0.2, 0) is 20.6 Å². The van der Waals surface area contributed by atoms with Crippen LogP contribution in [0.25, 0.3) is 0 Å². The number of hydrogen-bond donors (Lipinski definition) is 2. The minimum atomic E-state index is -4.80. The normalized spacial score (nSPS) is 19.6. The first-order valence-electron chi connectivity index (χ1n) is 12.7. The molecule has 6 rings (SSSR count). The van der Waals surface area contributed by atoms with E-state index in [1.165, 1.54) is 36.4 Å². The molecule has 2 aliphatic heterocycles. The Morgan fingerprint density at radius 3 is 2.35 bits per heavy atom. The second-order valence-electron chi connectivity index (χ2n) is 9.69. The smallest absolute Gasteiger partial charge is 0.418 e. The lowest BCUT2D eigenvalue weighted by Gasteiger charge is -2.29. The topological polar surface area (TPSA) is 109 Å². The Morgan fingerprint density at radius 2 is 1.65 bits per heavy atom. The van der Waals surface area contributed by atoms with Gasteiger partial charge in [-0.1, -0.05) is 47.4 Å². The number of fused-ring (bicyclic) bond motifs is 2. The van der Waals surface area contributed by atoms with Gasteiger partial charge in [-0.3, -0.25) is 19.2 Å². The first-order chi connectivity index (χ1) is 20.5. The van der Waals surface area contributed by atoms with Crippen LogP contribution in [0.5, 0.6) is 5.75 Å². The molecule has 2 N–H and O–H groups in total. The summed E-state index contributed by atoms with van der Waals surface area (Å²) >= 11 is 1.83. The van der Waals surface area contributed by atoms with Crippen LogP contribution in [0.2, 0.25) is 0 Å². The molecule has 2 unspecified atom stereocenters. The first-order valence-corrected chi connectivity index (χ1v) is 14.4. The van der Waals surface area contributed by atoms with Crippen molar-refractivity contribution in [3.05, 3.63) is 104 Å². The quantitative estimate of drug-likeness (QED) is 0.218. The average Bonchev–Trinajstić information content (AvgIpc) is 3.47. The van der Waals surface area contributed by atoms with Gasteiger partial charge in [0.2, 0.25) is 11.8 Å². The van der Waals surface area contributed by atoms with Gasteiger partial charge >= 0.3 is 11.0 Å². The van der Waals surface area contributed by atoms with Gasteiger partial charge in [-0.2, -0.15) is 13.2 Å². The largest absolute Gasteiger partial charge is 0.484 e. The third-order valence-electron chi connectivity index (χ3n) is 7.01. The molecule has 1 aromatic heterocycles. The number of imide groups is 1. The maximum absolute atomic E-state index is 13.8. The van der Waals surface area contributed by atoms with Crippen LogP contribution >= 0.6 is 23.1 Å². The van der Waals surface area contributed by atoms with Crippen molar-refractivity contribution in [2.24, 2.45) is 5.92 Å². The van der Waals surface area contributed by atoms with Crippen molar-refractivity contribution in [3.63, 3.8) is 0 Å². The van der Waals surface area contributed by atoms with Crippen LogP contribution in [-0.4, -0.2) is 34.6 Å². The number of hydrogen-bond acceptors (Lipinski definition) is 7. The van der Waals surface area contributed by atoms with E-state index >= 15 is 0 Å². The van der Waals surface area contributed by atoms with Gasteiger partial charge in [0.15, 0.2) is 6.61 Å². The minimum Gasteiger partial charge on any atom is -0.484 e. The lowest BCUT2D eigenvalue weighted by atomic mass is 9.83. The number of aromatic amines is 1. The molecule has 3 aromatic carbocycles. The van der Waals surface area contributed by atoms with E-state index in [0.717, 1.165) is 35.2 Å². The van der Waals surface area contributed by atoms with Crippen LogP contribution in [0.3, 0.4) is 0 Å². The summed E-state index contributed by atoms with van der Waals surface area (Å²) in [7, 11) is 0. The molecule has 14 heteroatoms. The van der Waals surface area contributed by atoms with Gasteiger partial charge in [-0.05, 0) is 54.1 Å². The number of carbonyl (C=O) groups is 3. The molecule has 0 aliphatic carbocycles. The predicted molar refractivity (Wildman–Crippen MR) is 151 cm³/mol. The summed E-state index contributed by atoms with van der Waals surface area (Å²) in [6.07, 6.45) is -4.80. The maximum atomic E-state index is 13.8. The van der Waals surface area contributed by atoms with E-state index in [0.29, 0.717) is 31.8 Å². The fourth-order valence-electron chi connectivity index (χ4n) is 5.17. The fourth-order valence-corrected chi connectivity index (χ4v) is 7.69. The third-order valence-corrected chi connectivity index (χ3v) is 9.41. The molecule has 43 heavy (non-hydrogen) atoms. The number of nitrogens with zero attached hydrogens (tertiary/aromatic N) is 1. The molecular weight excluding hydrogens is 610 g/mol. The monoisotopic (exact) mass is 629 g/mol. The molecule has 3 amide bonds. The number of alkyl halides is 3. The molecule has 0 radical (unpaired) electrons. The van der Waals surface area contributed by atoms with Gasteiger partial charge in [-0.25, -0.2) is 9.29 Å². The highest BCUT2D eigenvalue weighted by Crippen LogP contribution is 2.54. The first kappa shape index (κ1) is 28.7. The van der Waals surface area contributed by atoms with Crippen LogP contribution in [0.4, 0.5) is 28.9 Å². The summed E-state index contributed by atoms with van der Waals surface area (Å²) in [5, 5.41) is 1.89. The van der Waals surface area contributed by atoms with Crippen molar-refractivity contribution in [1.29, 1.82) is 0 Å². The van der Waals surface area contributed by atoms with E-state index in [1.54, 1.807) is 24.3 Å². The molecule has 3 atom stereocenters. The highest BCUT2D eigenvalue weighted by molar-refractivity contribution is 8.00. The number of rotatable bonds is 6. The summed E-state index contributed by atoms with van der Waals surface area (Å²) in [4.78, 5) is 55.2. The predicted octanol–water partition coefficient (Wildman–Crippen LogP) is 5.41. The molecule has 3 heterocycles. The maximum Gasteiger partial charge on any atom is 0.418 e. The van der Waals surface area contributed by atoms with Crippen LogP contribution in [0.15, 0.2) is 82.6 Å². The zero-order valence-electron chi connectivity index (χ0n) is 21.7. The third kappa shape index (κ3) is 5.43. The van der Waals surface area contributed by atoms with Crippen molar-refractivity contribution < 1.29 is 36.7 Å². The number of para-hydroxylation sites is 1. The second-order valence-corrected chi connectivity index (χ2v) is 11.9. The number of amides is 3. The van der Waals surface area contributed by atoms with Gasteiger partial charge < -0.3 is 15.0 Å². The van der Waals surface area contributed by atoms with Crippen molar-refractivity contribution in [2.45, 2.75) is 22.4 Å². The van der Waals surface area contributed by atoms with Crippen LogP contribution in [0, 0.1) is 11.7 Å². The molecule has 1 fully saturated rings. The number of ether oxygens (including phenoxy) is 1. The summed E-state index contributed by atoms with van der Waals surface area (Å²) in [5.41, 5.74) is -0.732. The zero-order chi connectivity index (χ0) is 30.5. The molecule has 1 saturated heterocycles. The van der Waals surface area contributed by atoms with Crippen molar-refractivity contribution in [1.82, 2.24) is 4.98 Å². The number of thioether (sulfide) groups is 1. The molecular formula is C29H19F4N3O5S2. The number of H-pyrrole nitrogens is 1. The Balaban J connectivity index is 1.27. The number of halogens is 4. The Bertz CT molecular complexity index is 1790. The van der Waals surface area contributed by atoms with E-state index in [4.69, 9.17) is 4.74 Å². The standard InChI is InChI=1S/C29H19F4N3O5S2/c30-15-7-9-16(10-8-15)34-20(37)13-41-17-11-5-14(6-12-17)21-22-24(42-25-23(21)43-28(40)35-25)27(39)36(26(22)38)19-4-2-1-3-18(19)29(31,32)33/h1-12,21-22,24H,13H2,(H,34,37)(H,35,40)/t21-,22?,24?/m1/s1. The van der Waals surface area contributed by atoms with Crippen molar-refractivity contribution in [3.8, 4) is 5.75 Å². The van der Waals surface area contributed by atoms with Gasteiger partial charge in [0.1, 0.15) is 16.8 Å². The Hall–Kier alpha value is -4.43. The number of thiazole rings is 1. The Kier molecular flexibility index (Phi) is 7.34. The van der Waals surface area contributed by atoms with Crippen LogP contribution in [0.1, 0.15) is 21.9 Å². The summed E-state index contributed by atoms with van der Waals surface area (Å²) < 4.78 is 60.1. The Labute approximate surface area is 248 Å². The van der Waals surface area contributed by atoms with Gasteiger partial charge in [0, 0.05) is 16.5 Å². The van der Waals surface area contributed by atoms with Gasteiger partial charge in [-0.15, -0.1) is 0 Å². The van der Waals surface area contributed by atoms with Crippen molar-refractivity contribution >= 4 is 52.2 Å². The summed E-state index contributed by atoms with van der Waals surface area (Å²) in [5.74, 6) is -4.11. The number of carbonyl (C=O) groups excluding carboxylic acids is 3. The highest BCUT2D eigenvalue weighted by atomic mass is 32.2. The van der Waals surface area contributed by atoms with Crippen LogP contribution < -0.4 is 19.8 Å². The molecule has 0 bridgehead atoms. The van der Waals surface area contributed by atoms with Crippen molar-refractivity contribution in [2.75, 3.05) is 16.8 Å². The molecule has 8 nitrogen and oxygen atoms in total. The van der Waals surface area contributed by atoms with E-state index in [9.17, 15) is 36.7 Å². The number of nitrogens with one attached hydrogen (secondary N) is 2. The number of aromatic nitrogens is 1. The minimum absolute atomic E-state index is 0.303. The number of anilines is 2. The summed E-state index contributed by atoms with van der Waals surface area (Å²) in [6.45, 7) is -0.356. The molecule has 0 spiro atoms. The van der Waals surface area contributed by atoms with Gasteiger partial charge in [0.25, 0.3) is 5.91 Å². The highest BCUT2D eigenvalue weighted by Gasteiger charge is 2.57. The molecule has 0 saturated carbocycles. The van der Waals surface area contributed by atoms with E-state index < -0.39 is 62.9 Å². The summed E-state index contributed by atoms with van der Waals surface area (Å²) in [6, 6.07) is 15.9. The fraction of sp³-hybridized carbons (Fsp3) is 0.172. The average molecular weight is 630 g/mol. The molecule has 220 valence electrons. The lowest BCUT2D eigenvalue weighted by Crippen LogP contribution is -2.33. The lowest BCUT2D eigenvalue weighted by molar-refractivity contribution is -0.137. The molecule has 4 aromatic rings.